The van der Waals surface area contributed by atoms with Crippen LogP contribution in [0.5, 0.6) is 0 Å². The molecule has 0 aromatic heterocycles. The number of hydrogen-bond donors (Lipinski definition) is 1. The molecule has 2 N–H and O–H groups in total. The van der Waals surface area contributed by atoms with E-state index in [1.54, 1.807) is 11.9 Å². The highest BCUT2D eigenvalue weighted by Gasteiger charge is 2.34. The average Bonchev–Trinajstić information content (AvgIpc) is 2.38. The molecule has 1 heterocycles. The number of carbonyl (C=O) groups is 1. The van der Waals surface area contributed by atoms with Crippen LogP contribution in [0.3, 0.4) is 0 Å². The Morgan fingerprint density at radius 2 is 1.86 bits per heavy atom. The number of aryl methyl sites for hydroxylation is 2. The predicted octanol–water partition coefficient (Wildman–Crippen LogP) is 1.28. The van der Waals surface area contributed by atoms with Crippen molar-refractivity contribution in [2.75, 3.05) is 11.9 Å². The molecule has 1 aromatic carbocycles. The summed E-state index contributed by atoms with van der Waals surface area (Å²) in [6.07, 6.45) is 0. The number of nitrogens with zero attached hydrogens (tertiary/aromatic N) is 1. The van der Waals surface area contributed by atoms with Crippen LogP contribution in [0.2, 0.25) is 0 Å². The number of anilines is 1. The molecule has 0 saturated heterocycles. The van der Waals surface area contributed by atoms with E-state index in [1.807, 2.05) is 26.0 Å². The summed E-state index contributed by atoms with van der Waals surface area (Å²) in [5.41, 5.74) is 10.0. The van der Waals surface area contributed by atoms with Gasteiger partial charge in [-0.05, 0) is 25.0 Å². The summed E-state index contributed by atoms with van der Waals surface area (Å²) in [4.78, 5) is 13.3. The van der Waals surface area contributed by atoms with Crippen molar-refractivity contribution < 1.29 is 4.79 Å². The summed E-state index contributed by atoms with van der Waals surface area (Å²) in [6, 6.07) is 3.56. The van der Waals surface area contributed by atoms with Crippen LogP contribution in [0.15, 0.2) is 12.1 Å². The summed E-state index contributed by atoms with van der Waals surface area (Å²) < 4.78 is 0. The van der Waals surface area contributed by atoms with E-state index in [1.165, 1.54) is 0 Å². The van der Waals surface area contributed by atoms with Crippen molar-refractivity contribution in [3.05, 3.63) is 28.8 Å². The molecular weight excluding hydrogens is 176 g/mol. The third-order valence-electron chi connectivity index (χ3n) is 2.88. The molecule has 2 rings (SSSR count). The van der Waals surface area contributed by atoms with Crippen LogP contribution in [0.4, 0.5) is 5.69 Å². The summed E-state index contributed by atoms with van der Waals surface area (Å²) in [6.45, 7) is 3.99. The summed E-state index contributed by atoms with van der Waals surface area (Å²) in [7, 11) is 1.78. The van der Waals surface area contributed by atoms with Gasteiger partial charge in [-0.1, -0.05) is 12.1 Å². The zero-order chi connectivity index (χ0) is 10.5. The lowest BCUT2D eigenvalue weighted by atomic mass is 10.00. The van der Waals surface area contributed by atoms with Gasteiger partial charge in [0.25, 0.3) is 0 Å². The Morgan fingerprint density at radius 1 is 1.29 bits per heavy atom. The van der Waals surface area contributed by atoms with Gasteiger partial charge in [-0.15, -0.1) is 0 Å². The zero-order valence-corrected chi connectivity index (χ0v) is 8.66. The number of nitrogens with two attached hydrogens (primary N) is 1. The normalized spacial score (nSPS) is 20.1. The van der Waals surface area contributed by atoms with E-state index in [4.69, 9.17) is 5.73 Å². The van der Waals surface area contributed by atoms with Gasteiger partial charge in [0.05, 0.1) is 5.69 Å². The summed E-state index contributed by atoms with van der Waals surface area (Å²) >= 11 is 0. The lowest BCUT2D eigenvalue weighted by Crippen LogP contribution is -2.28. The highest BCUT2D eigenvalue weighted by Crippen LogP contribution is 2.38. The first-order chi connectivity index (χ1) is 6.54. The third kappa shape index (κ3) is 0.990. The van der Waals surface area contributed by atoms with Gasteiger partial charge in [0, 0.05) is 12.6 Å². The van der Waals surface area contributed by atoms with E-state index in [0.29, 0.717) is 0 Å². The van der Waals surface area contributed by atoms with Gasteiger partial charge in [0.1, 0.15) is 6.04 Å². The fourth-order valence-corrected chi connectivity index (χ4v) is 2.10. The molecule has 14 heavy (non-hydrogen) atoms. The van der Waals surface area contributed by atoms with Gasteiger partial charge in [0.2, 0.25) is 5.91 Å². The minimum absolute atomic E-state index is 0.0163. The van der Waals surface area contributed by atoms with E-state index in [2.05, 4.69) is 0 Å². The van der Waals surface area contributed by atoms with Gasteiger partial charge in [-0.2, -0.15) is 0 Å². The van der Waals surface area contributed by atoms with Crippen molar-refractivity contribution in [1.29, 1.82) is 0 Å². The molecule has 0 fully saturated rings. The number of benzene rings is 1. The van der Waals surface area contributed by atoms with E-state index in [9.17, 15) is 4.79 Å². The van der Waals surface area contributed by atoms with Crippen molar-refractivity contribution in [1.82, 2.24) is 0 Å². The smallest absolute Gasteiger partial charge is 0.248 e. The quantitative estimate of drug-likeness (QED) is 0.669. The second kappa shape index (κ2) is 2.82. The maximum atomic E-state index is 11.7. The van der Waals surface area contributed by atoms with E-state index in [0.717, 1.165) is 22.4 Å². The Balaban J connectivity index is 2.74. The van der Waals surface area contributed by atoms with Crippen LogP contribution >= 0.6 is 0 Å². The first kappa shape index (κ1) is 9.21. The van der Waals surface area contributed by atoms with Gasteiger partial charge in [0.15, 0.2) is 0 Å². The monoisotopic (exact) mass is 190 g/mol. The second-order valence-electron chi connectivity index (χ2n) is 3.84. The third-order valence-corrected chi connectivity index (χ3v) is 2.88. The molecule has 0 aliphatic carbocycles. The fourth-order valence-electron chi connectivity index (χ4n) is 2.10. The molecule has 74 valence electrons. The van der Waals surface area contributed by atoms with Crippen LogP contribution < -0.4 is 10.6 Å². The Hall–Kier alpha value is -1.35. The van der Waals surface area contributed by atoms with Crippen LogP contribution in [0.25, 0.3) is 0 Å². The Kier molecular flexibility index (Phi) is 1.86. The molecule has 0 radical (unpaired) electrons. The number of carbonyl (C=O) groups excluding carboxylic acids is 1. The number of hydrogen-bond acceptors (Lipinski definition) is 2. The van der Waals surface area contributed by atoms with Crippen molar-refractivity contribution in [2.45, 2.75) is 19.9 Å². The Labute approximate surface area is 83.5 Å². The fraction of sp³-hybridized carbons (Fsp3) is 0.364. The van der Waals surface area contributed by atoms with Crippen LogP contribution in [-0.4, -0.2) is 13.0 Å². The number of likely N-dealkylation sites (N-methyl/N-ethyl adjacent to an activating group) is 1. The molecule has 1 unspecified atom stereocenters. The average molecular weight is 190 g/mol. The molecular formula is C11H14N2O. The van der Waals surface area contributed by atoms with Gasteiger partial charge in [-0.25, -0.2) is 0 Å². The lowest BCUT2D eigenvalue weighted by molar-refractivity contribution is -0.118. The molecule has 1 aromatic rings. The van der Waals surface area contributed by atoms with Gasteiger partial charge >= 0.3 is 0 Å². The molecule has 3 heteroatoms. The first-order valence-corrected chi connectivity index (χ1v) is 4.67. The minimum Gasteiger partial charge on any atom is -0.316 e. The maximum absolute atomic E-state index is 11.7. The van der Waals surface area contributed by atoms with Crippen LogP contribution in [0.1, 0.15) is 22.7 Å². The Morgan fingerprint density at radius 3 is 2.43 bits per heavy atom. The zero-order valence-electron chi connectivity index (χ0n) is 8.66. The maximum Gasteiger partial charge on any atom is 0.248 e. The SMILES string of the molecule is Cc1ccc(C)c2c1C(N)C(=O)N2C. The van der Waals surface area contributed by atoms with Crippen molar-refractivity contribution in [2.24, 2.45) is 5.73 Å². The predicted molar refractivity (Wildman–Crippen MR) is 56.3 cm³/mol. The second-order valence-corrected chi connectivity index (χ2v) is 3.84. The van der Waals surface area contributed by atoms with Gasteiger partial charge in [-0.3, -0.25) is 4.79 Å². The van der Waals surface area contributed by atoms with Crippen molar-refractivity contribution in [3.8, 4) is 0 Å². The number of fused-ring (bicyclic) bond motifs is 1. The lowest BCUT2D eigenvalue weighted by Gasteiger charge is -2.13. The highest BCUT2D eigenvalue weighted by atomic mass is 16.2. The first-order valence-electron chi connectivity index (χ1n) is 4.67. The largest absolute Gasteiger partial charge is 0.316 e. The molecule has 3 nitrogen and oxygen atoms in total. The van der Waals surface area contributed by atoms with Gasteiger partial charge < -0.3 is 10.6 Å². The summed E-state index contributed by atoms with van der Waals surface area (Å²) in [5.74, 6) is -0.0163. The molecule has 0 spiro atoms. The summed E-state index contributed by atoms with van der Waals surface area (Å²) in [5, 5.41) is 0. The number of amides is 1. The van der Waals surface area contributed by atoms with Crippen molar-refractivity contribution >= 4 is 11.6 Å². The van der Waals surface area contributed by atoms with Crippen molar-refractivity contribution in [3.63, 3.8) is 0 Å². The molecule has 1 aliphatic rings. The molecule has 0 bridgehead atoms. The molecule has 0 saturated carbocycles. The standard InChI is InChI=1S/C11H14N2O/c1-6-4-5-7(2)10-8(6)9(12)11(14)13(10)3/h4-5,9H,12H2,1-3H3. The highest BCUT2D eigenvalue weighted by molar-refractivity contribution is 6.05. The van der Waals surface area contributed by atoms with E-state index < -0.39 is 6.04 Å². The minimum atomic E-state index is -0.477. The van der Waals surface area contributed by atoms with E-state index in [-0.39, 0.29) is 5.91 Å². The topological polar surface area (TPSA) is 46.3 Å². The number of rotatable bonds is 0. The van der Waals surface area contributed by atoms with Crippen LogP contribution in [0, 0.1) is 13.8 Å². The Bertz CT molecular complexity index is 375. The molecule has 1 atom stereocenters. The molecule has 1 amide bonds. The van der Waals surface area contributed by atoms with E-state index >= 15 is 0 Å². The molecule has 1 aliphatic heterocycles. The van der Waals surface area contributed by atoms with Crippen LogP contribution in [-0.2, 0) is 4.79 Å².